The van der Waals surface area contributed by atoms with Crippen molar-refractivity contribution >= 4 is 5.82 Å². The molecule has 3 heterocycles. The Labute approximate surface area is 181 Å². The molecule has 0 bridgehead atoms. The summed E-state index contributed by atoms with van der Waals surface area (Å²) in [7, 11) is 1.55. The molecule has 1 aliphatic heterocycles. The maximum absolute atomic E-state index is 10.6. The minimum absolute atomic E-state index is 0.140. The zero-order valence-corrected chi connectivity index (χ0v) is 17.5. The number of hydrogen-bond donors (Lipinski definition) is 2. The molecule has 1 aromatic carbocycles. The van der Waals surface area contributed by atoms with Gasteiger partial charge in [-0.15, -0.1) is 15.3 Å². The fourth-order valence-corrected chi connectivity index (χ4v) is 3.96. The van der Waals surface area contributed by atoms with E-state index in [1.807, 2.05) is 24.3 Å². The van der Waals surface area contributed by atoms with E-state index in [1.54, 1.807) is 25.4 Å². The van der Waals surface area contributed by atoms with Crippen molar-refractivity contribution in [3.63, 3.8) is 0 Å². The van der Waals surface area contributed by atoms with Crippen molar-refractivity contribution in [2.45, 2.75) is 25.3 Å². The van der Waals surface area contributed by atoms with E-state index in [-0.39, 0.29) is 5.75 Å². The van der Waals surface area contributed by atoms with E-state index in [4.69, 9.17) is 4.74 Å². The first-order chi connectivity index (χ1) is 15.2. The Kier molecular flexibility index (Phi) is 5.38. The Morgan fingerprint density at radius 3 is 2.71 bits per heavy atom. The number of methoxy groups -OCH3 is 1. The maximum atomic E-state index is 10.6. The summed E-state index contributed by atoms with van der Waals surface area (Å²) in [6, 6.07) is 11.7. The summed E-state index contributed by atoms with van der Waals surface area (Å²) < 4.78 is 5.12. The van der Waals surface area contributed by atoms with E-state index >= 15 is 0 Å². The number of phenols is 1. The van der Waals surface area contributed by atoms with E-state index in [1.165, 1.54) is 12.8 Å². The molecule has 2 aromatic heterocycles. The molecule has 3 aromatic rings. The van der Waals surface area contributed by atoms with Crippen LogP contribution in [0.1, 0.15) is 19.3 Å². The molecule has 8 nitrogen and oxygen atoms in total. The Balaban J connectivity index is 1.28. The molecule has 31 heavy (non-hydrogen) atoms. The Morgan fingerprint density at radius 1 is 1.06 bits per heavy atom. The lowest BCUT2D eigenvalue weighted by Crippen LogP contribution is -2.34. The van der Waals surface area contributed by atoms with Crippen molar-refractivity contribution in [1.82, 2.24) is 25.7 Å². The van der Waals surface area contributed by atoms with Crippen molar-refractivity contribution in [3.8, 4) is 34.0 Å². The van der Waals surface area contributed by atoms with Gasteiger partial charge < -0.3 is 20.1 Å². The molecule has 8 heteroatoms. The zero-order chi connectivity index (χ0) is 21.2. The summed E-state index contributed by atoms with van der Waals surface area (Å²) in [6.45, 7) is 3.09. The van der Waals surface area contributed by atoms with Gasteiger partial charge in [0.05, 0.1) is 19.0 Å². The Hall–Kier alpha value is -3.26. The number of aromatic hydroxyl groups is 1. The lowest BCUT2D eigenvalue weighted by molar-refractivity contribution is 0.392. The van der Waals surface area contributed by atoms with Crippen LogP contribution in [0.5, 0.6) is 11.6 Å². The number of aromatic nitrogens is 4. The minimum Gasteiger partial charge on any atom is -0.507 e. The van der Waals surface area contributed by atoms with Gasteiger partial charge in [0.1, 0.15) is 5.75 Å². The summed E-state index contributed by atoms with van der Waals surface area (Å²) in [5, 5.41) is 30.9. The highest BCUT2D eigenvalue weighted by Crippen LogP contribution is 2.33. The molecule has 160 valence electrons. The predicted octanol–water partition coefficient (Wildman–Crippen LogP) is 2.89. The predicted molar refractivity (Wildman–Crippen MR) is 118 cm³/mol. The second-order valence-electron chi connectivity index (χ2n) is 8.28. The maximum Gasteiger partial charge on any atom is 0.233 e. The monoisotopic (exact) mass is 418 g/mol. The molecule has 2 fully saturated rings. The third-order valence-electron chi connectivity index (χ3n) is 6.00. The van der Waals surface area contributed by atoms with Gasteiger partial charge in [-0.05, 0) is 61.6 Å². The largest absolute Gasteiger partial charge is 0.507 e. The first kappa shape index (κ1) is 19.7. The molecule has 1 saturated heterocycles. The number of ether oxygens (including phenoxy) is 1. The van der Waals surface area contributed by atoms with Crippen LogP contribution in [0.15, 0.2) is 42.6 Å². The molecular formula is C23H26N6O2. The molecule has 1 saturated carbocycles. The van der Waals surface area contributed by atoms with Gasteiger partial charge in [-0.2, -0.15) is 5.10 Å². The quantitative estimate of drug-likeness (QED) is 0.605. The fraction of sp³-hybridized carbons (Fsp3) is 0.391. The van der Waals surface area contributed by atoms with Crippen LogP contribution in [0.3, 0.4) is 0 Å². The molecule has 5 rings (SSSR count). The zero-order valence-electron chi connectivity index (χ0n) is 17.5. The number of nitrogens with zero attached hydrogens (tertiary/aromatic N) is 5. The van der Waals surface area contributed by atoms with E-state index in [2.05, 4.69) is 30.6 Å². The Bertz CT molecular complexity index is 1050. The Morgan fingerprint density at radius 2 is 1.97 bits per heavy atom. The highest BCUT2D eigenvalue weighted by Gasteiger charge is 2.27. The average Bonchev–Trinajstić information content (AvgIpc) is 3.53. The van der Waals surface area contributed by atoms with Gasteiger partial charge in [0.25, 0.3) is 0 Å². The first-order valence-electron chi connectivity index (χ1n) is 10.7. The van der Waals surface area contributed by atoms with E-state index in [0.717, 1.165) is 48.9 Å². The van der Waals surface area contributed by atoms with Gasteiger partial charge in [0.15, 0.2) is 5.82 Å². The summed E-state index contributed by atoms with van der Waals surface area (Å²) >= 11 is 0. The smallest absolute Gasteiger partial charge is 0.233 e. The van der Waals surface area contributed by atoms with Crippen LogP contribution in [0.2, 0.25) is 0 Å². The molecule has 0 unspecified atom stereocenters. The van der Waals surface area contributed by atoms with Crippen molar-refractivity contribution in [2.75, 3.05) is 31.6 Å². The fourth-order valence-electron chi connectivity index (χ4n) is 3.96. The van der Waals surface area contributed by atoms with E-state index in [9.17, 15) is 5.11 Å². The average molecular weight is 419 g/mol. The summed E-state index contributed by atoms with van der Waals surface area (Å²) in [5.74, 6) is 2.34. The summed E-state index contributed by atoms with van der Waals surface area (Å²) in [4.78, 5) is 2.27. The first-order valence-corrected chi connectivity index (χ1v) is 10.7. The van der Waals surface area contributed by atoms with Crippen molar-refractivity contribution in [1.29, 1.82) is 0 Å². The van der Waals surface area contributed by atoms with Crippen LogP contribution in [0.25, 0.3) is 22.4 Å². The van der Waals surface area contributed by atoms with Crippen molar-refractivity contribution in [2.24, 2.45) is 5.92 Å². The number of rotatable bonds is 7. The lowest BCUT2D eigenvalue weighted by Gasteiger charge is -2.17. The van der Waals surface area contributed by atoms with Gasteiger partial charge in [-0.25, -0.2) is 0 Å². The van der Waals surface area contributed by atoms with Gasteiger partial charge in [-0.3, -0.25) is 0 Å². The third kappa shape index (κ3) is 4.44. The third-order valence-corrected chi connectivity index (χ3v) is 6.00. The van der Waals surface area contributed by atoms with E-state index in [0.29, 0.717) is 23.2 Å². The molecule has 1 atom stereocenters. The van der Waals surface area contributed by atoms with Gasteiger partial charge >= 0.3 is 0 Å². The normalized spacial score (nSPS) is 18.4. The highest BCUT2D eigenvalue weighted by atomic mass is 16.5. The molecule has 0 radical (unpaired) electrons. The molecule has 0 amide bonds. The van der Waals surface area contributed by atoms with Gasteiger partial charge in [0, 0.05) is 36.3 Å². The number of benzene rings is 1. The SMILES string of the molecule is COc1cc(-c2ccc(-c3ccc(N4CC[C@H](NCC5CC5)C4)nn3)c(O)c2)cnn1. The molecule has 2 N–H and O–H groups in total. The molecule has 0 spiro atoms. The molecular weight excluding hydrogens is 392 g/mol. The summed E-state index contributed by atoms with van der Waals surface area (Å²) in [6.07, 6.45) is 5.51. The lowest BCUT2D eigenvalue weighted by atomic mass is 10.0. The topological polar surface area (TPSA) is 96.3 Å². The minimum atomic E-state index is 0.140. The molecule has 1 aliphatic carbocycles. The number of nitrogens with one attached hydrogen (secondary N) is 1. The highest BCUT2D eigenvalue weighted by molar-refractivity contribution is 5.74. The second kappa shape index (κ2) is 8.47. The van der Waals surface area contributed by atoms with Crippen molar-refractivity contribution in [3.05, 3.63) is 42.6 Å². The van der Waals surface area contributed by atoms with Crippen LogP contribution in [0.4, 0.5) is 5.82 Å². The van der Waals surface area contributed by atoms with Crippen LogP contribution < -0.4 is 15.0 Å². The van der Waals surface area contributed by atoms with Gasteiger partial charge in [-0.1, -0.05) is 6.07 Å². The van der Waals surface area contributed by atoms with Crippen LogP contribution in [0, 0.1) is 5.92 Å². The second-order valence-corrected chi connectivity index (χ2v) is 8.28. The summed E-state index contributed by atoms with van der Waals surface area (Å²) in [5.41, 5.74) is 2.91. The van der Waals surface area contributed by atoms with Crippen molar-refractivity contribution < 1.29 is 9.84 Å². The molecule has 2 aliphatic rings. The van der Waals surface area contributed by atoms with Gasteiger partial charge in [0.2, 0.25) is 5.88 Å². The van der Waals surface area contributed by atoms with Crippen LogP contribution in [-0.2, 0) is 0 Å². The number of hydrogen-bond acceptors (Lipinski definition) is 8. The number of phenolic OH excluding ortho intramolecular Hbond substituents is 1. The van der Waals surface area contributed by atoms with E-state index < -0.39 is 0 Å². The van der Waals surface area contributed by atoms with Crippen LogP contribution >= 0.6 is 0 Å². The standard InChI is InChI=1S/C23H26N6O2/c1-31-23-11-17(13-25-28-23)16-4-5-19(21(30)10-16)20-6-7-22(27-26-20)29-9-8-18(14-29)24-12-15-2-3-15/h4-7,10-11,13,15,18,24,30H,2-3,8-9,12,14H2,1H3/t18-/m0/s1. The number of anilines is 1. The van der Waals surface area contributed by atoms with Crippen LogP contribution in [-0.4, -0.2) is 58.3 Å².